The van der Waals surface area contributed by atoms with E-state index in [1.165, 1.54) is 0 Å². The van der Waals surface area contributed by atoms with Gasteiger partial charge in [-0.25, -0.2) is 17.6 Å². The van der Waals surface area contributed by atoms with E-state index in [1.807, 2.05) is 0 Å². The minimum Gasteiger partial charge on any atom is -0.250 e. The van der Waals surface area contributed by atoms with Crippen molar-refractivity contribution >= 4 is 0 Å². The minimum absolute atomic E-state index is 3.29. The van der Waals surface area contributed by atoms with Crippen LogP contribution in [0.4, 0.5) is 79.0 Å². The Morgan fingerprint density at radius 3 is 1.09 bits per heavy atom. The number of alkyl halides is 14. The lowest BCUT2D eigenvalue weighted by atomic mass is 9.69. The lowest BCUT2D eigenvalue weighted by Crippen LogP contribution is -2.56. The van der Waals surface area contributed by atoms with Crippen LogP contribution in [0.5, 0.6) is 0 Å². The number of allylic oxidation sites excluding steroid dienone is 2. The second kappa shape index (κ2) is 9.61. The molecular weight excluding hydrogens is 510 g/mol. The van der Waals surface area contributed by atoms with Crippen molar-refractivity contribution in [1.82, 2.24) is 0 Å². The summed E-state index contributed by atoms with van der Waals surface area (Å²) in [5.74, 6) is -6.29. The topological polar surface area (TPSA) is 0 Å². The van der Waals surface area contributed by atoms with Crippen LogP contribution in [0.1, 0.15) is 6.42 Å². The van der Waals surface area contributed by atoms with Gasteiger partial charge in [-0.05, 0) is 0 Å². The maximum Gasteiger partial charge on any atom is 0.421 e. The molecule has 18 heteroatoms. The fourth-order valence-corrected chi connectivity index (χ4v) is 2.62. The van der Waals surface area contributed by atoms with Gasteiger partial charge in [-0.3, -0.25) is 8.78 Å². The second-order valence-corrected chi connectivity index (χ2v) is 6.21. The van der Waals surface area contributed by atoms with Crippen LogP contribution in [0.15, 0.2) is 23.3 Å². The number of hydrogen-bond donors (Lipinski definition) is 0. The quantitative estimate of drug-likeness (QED) is 0.275. The normalized spacial score (nSPS) is 15.1. The summed E-state index contributed by atoms with van der Waals surface area (Å²) in [5.41, 5.74) is -20.5. The van der Waals surface area contributed by atoms with Crippen LogP contribution in [-0.2, 0) is 0 Å². The van der Waals surface area contributed by atoms with Crippen LogP contribution in [0, 0.1) is 5.41 Å². The Balaban J connectivity index is 7.44. The van der Waals surface area contributed by atoms with E-state index >= 15 is 0 Å². The molecule has 1 unspecified atom stereocenters. The van der Waals surface area contributed by atoms with E-state index in [1.54, 1.807) is 0 Å². The number of hydrogen-bond acceptors (Lipinski definition) is 0. The molecule has 0 bridgehead atoms. The van der Waals surface area contributed by atoms with Gasteiger partial charge in [0.1, 0.15) is 24.5 Å². The summed E-state index contributed by atoms with van der Waals surface area (Å²) >= 11 is 0. The highest BCUT2D eigenvalue weighted by Crippen LogP contribution is 2.56. The zero-order valence-corrected chi connectivity index (χ0v) is 14.6. The van der Waals surface area contributed by atoms with Crippen LogP contribution in [-0.4, -0.2) is 49.9 Å². The molecule has 0 aliphatic carbocycles. The van der Waals surface area contributed by atoms with Crippen LogP contribution < -0.4 is 0 Å². The highest BCUT2D eigenvalue weighted by Gasteiger charge is 2.68. The van der Waals surface area contributed by atoms with Crippen LogP contribution in [0.25, 0.3) is 0 Å². The largest absolute Gasteiger partial charge is 0.421 e. The molecule has 0 aliphatic heterocycles. The second-order valence-electron chi connectivity index (χ2n) is 6.21. The Kier molecular flexibility index (Phi) is 9.07. The molecule has 0 aromatic rings. The molecule has 32 heavy (non-hydrogen) atoms. The summed E-state index contributed by atoms with van der Waals surface area (Å²) < 4.78 is 235. The molecule has 0 radical (unpaired) electrons. The molecule has 1 atom stereocenters. The Morgan fingerprint density at radius 1 is 0.594 bits per heavy atom. The lowest BCUT2D eigenvalue weighted by Gasteiger charge is -2.41. The third-order valence-electron chi connectivity index (χ3n) is 4.03. The Hall–Kier alpha value is -1.78. The van der Waals surface area contributed by atoms with Crippen LogP contribution >= 0.6 is 0 Å². The predicted octanol–water partition coefficient (Wildman–Crippen LogP) is 7.67. The van der Waals surface area contributed by atoms with Crippen molar-refractivity contribution in [1.29, 1.82) is 0 Å². The highest BCUT2D eigenvalue weighted by molar-refractivity contribution is 5.40. The van der Waals surface area contributed by atoms with E-state index in [0.29, 0.717) is 0 Å². The summed E-state index contributed by atoms with van der Waals surface area (Å²) in [6.07, 6.45) is -37.3. The van der Waals surface area contributed by atoms with Crippen LogP contribution in [0.2, 0.25) is 0 Å². The van der Waals surface area contributed by atoms with Gasteiger partial charge in [-0.2, -0.15) is 52.7 Å². The van der Waals surface area contributed by atoms with Crippen molar-refractivity contribution in [3.05, 3.63) is 23.3 Å². The summed E-state index contributed by atoms with van der Waals surface area (Å²) in [5, 5.41) is 0. The van der Waals surface area contributed by atoms with E-state index in [0.717, 1.165) is 0 Å². The minimum atomic E-state index is -7.03. The van der Waals surface area contributed by atoms with Gasteiger partial charge < -0.3 is 0 Å². The highest BCUT2D eigenvalue weighted by atomic mass is 19.4. The average Bonchev–Trinajstić information content (AvgIpc) is 2.55. The molecule has 0 aromatic heterocycles. The first-order chi connectivity index (χ1) is 14.1. The molecule has 0 amide bonds. The molecule has 190 valence electrons. The average molecular weight is 518 g/mol. The van der Waals surface area contributed by atoms with Gasteiger partial charge in [0, 0.05) is 6.42 Å². The van der Waals surface area contributed by atoms with E-state index in [2.05, 4.69) is 0 Å². The van der Waals surface area contributed by atoms with E-state index in [4.69, 9.17) is 0 Å². The first kappa shape index (κ1) is 30.2. The van der Waals surface area contributed by atoms with Crippen molar-refractivity contribution < 1.29 is 79.0 Å². The zero-order valence-electron chi connectivity index (χ0n) is 14.6. The monoisotopic (exact) mass is 518 g/mol. The smallest absolute Gasteiger partial charge is 0.250 e. The molecule has 0 N–H and O–H groups in total. The summed E-state index contributed by atoms with van der Waals surface area (Å²) in [6.45, 7) is -6.59. The van der Waals surface area contributed by atoms with E-state index in [-0.39, 0.29) is 0 Å². The third kappa shape index (κ3) is 5.77. The molecule has 0 fully saturated rings. The number of halogens is 18. The van der Waals surface area contributed by atoms with Crippen LogP contribution in [0.3, 0.4) is 0 Å². The molecule has 0 spiro atoms. The summed E-state index contributed by atoms with van der Waals surface area (Å²) in [4.78, 5) is 0. The molecule has 0 aliphatic rings. The van der Waals surface area contributed by atoms with Crippen molar-refractivity contribution in [2.45, 2.75) is 43.0 Å². The van der Waals surface area contributed by atoms with Gasteiger partial charge in [-0.1, -0.05) is 0 Å². The Morgan fingerprint density at radius 2 is 0.906 bits per heavy atom. The van der Waals surface area contributed by atoms with Gasteiger partial charge in [0.15, 0.2) is 11.8 Å². The molecule has 0 nitrogen and oxygen atoms in total. The standard InChI is InChI=1S/C14H8F18/c15-2-10(3-16,8(21)12(25,26)9(22)23)1-11(24,4(6(17)18)13(27,28)29)5(7(19)20)14(30,31)32/h8-9H,1-3H2. The Bertz CT molecular complexity index is 662. The van der Waals surface area contributed by atoms with Gasteiger partial charge in [0.25, 0.3) is 12.2 Å². The van der Waals surface area contributed by atoms with E-state index in [9.17, 15) is 79.0 Å². The van der Waals surface area contributed by atoms with Crippen molar-refractivity contribution in [2.75, 3.05) is 13.3 Å². The molecular formula is C14H8F18. The molecule has 0 saturated heterocycles. The van der Waals surface area contributed by atoms with Gasteiger partial charge in [0.05, 0.1) is 5.41 Å². The number of rotatable bonds is 9. The summed E-state index contributed by atoms with van der Waals surface area (Å²) in [7, 11) is 0. The fourth-order valence-electron chi connectivity index (χ4n) is 2.62. The van der Waals surface area contributed by atoms with Crippen molar-refractivity contribution in [2.24, 2.45) is 5.41 Å². The first-order valence-electron chi connectivity index (χ1n) is 7.43. The maximum absolute atomic E-state index is 15.0. The third-order valence-corrected chi connectivity index (χ3v) is 4.03. The zero-order chi connectivity index (χ0) is 26.1. The summed E-state index contributed by atoms with van der Waals surface area (Å²) in [6, 6.07) is 0. The van der Waals surface area contributed by atoms with Crippen molar-refractivity contribution in [3.8, 4) is 0 Å². The maximum atomic E-state index is 15.0. The first-order valence-corrected chi connectivity index (χ1v) is 7.43. The van der Waals surface area contributed by atoms with Gasteiger partial charge in [-0.15, -0.1) is 0 Å². The molecule has 0 aromatic carbocycles. The van der Waals surface area contributed by atoms with Crippen molar-refractivity contribution in [3.63, 3.8) is 0 Å². The molecule has 0 heterocycles. The SMILES string of the molecule is FCC(CF)(CC(F)(C(=C(F)F)C(F)(F)F)C(=C(F)F)C(F)(F)F)C(F)C(F)(F)C(F)F. The molecule has 0 saturated carbocycles. The molecule has 0 rings (SSSR count). The lowest BCUT2D eigenvalue weighted by molar-refractivity contribution is -0.213. The van der Waals surface area contributed by atoms with E-state index < -0.39 is 85.0 Å². The Labute approximate surface area is 165 Å². The fraction of sp³-hybridized carbons (Fsp3) is 0.714. The van der Waals surface area contributed by atoms with Gasteiger partial charge >= 0.3 is 24.7 Å². The predicted molar refractivity (Wildman–Crippen MR) is 69.3 cm³/mol. The van der Waals surface area contributed by atoms with Gasteiger partial charge in [0.2, 0.25) is 0 Å².